The van der Waals surface area contributed by atoms with Crippen LogP contribution in [0.25, 0.3) is 21.9 Å². The van der Waals surface area contributed by atoms with Crippen molar-refractivity contribution in [3.8, 4) is 0 Å². The second-order valence-electron chi connectivity index (χ2n) is 7.83. The second-order valence-corrected chi connectivity index (χ2v) is 7.83. The van der Waals surface area contributed by atoms with Gasteiger partial charge in [-0.3, -0.25) is 4.79 Å². The molecular weight excluding hydrogens is 370 g/mol. The molecule has 154 valence electrons. The summed E-state index contributed by atoms with van der Waals surface area (Å²) >= 11 is 0. The molecule has 1 aliphatic rings. The molecule has 0 atom stereocenters. The molecule has 4 rings (SSSR count). The van der Waals surface area contributed by atoms with Crippen LogP contribution in [-0.4, -0.2) is 26.2 Å². The Balaban J connectivity index is 1.74. The summed E-state index contributed by atoms with van der Waals surface area (Å²) in [5.41, 5.74) is 4.26. The largest absolute Gasteiger partial charge is 0.460 e. The van der Waals surface area contributed by atoms with Crippen LogP contribution >= 0.6 is 0 Å². The minimum absolute atomic E-state index is 0.0116. The molecule has 3 aromatic rings. The molecule has 0 unspecified atom stereocenters. The van der Waals surface area contributed by atoms with Gasteiger partial charge in [-0.25, -0.2) is 4.79 Å². The first-order valence-corrected chi connectivity index (χ1v) is 10.3. The number of aryl methyl sites for hydroxylation is 4. The summed E-state index contributed by atoms with van der Waals surface area (Å²) in [6.45, 7) is 4.93. The molecule has 1 N–H and O–H groups in total. The zero-order valence-electron chi connectivity index (χ0n) is 17.3. The van der Waals surface area contributed by atoms with Crippen molar-refractivity contribution in [2.24, 2.45) is 0 Å². The van der Waals surface area contributed by atoms with Crippen LogP contribution in [0.1, 0.15) is 47.3 Å². The van der Waals surface area contributed by atoms with Crippen LogP contribution in [0.5, 0.6) is 0 Å². The van der Waals surface area contributed by atoms with Crippen molar-refractivity contribution in [1.29, 1.82) is 0 Å². The van der Waals surface area contributed by atoms with Gasteiger partial charge >= 0.3 is 5.63 Å². The van der Waals surface area contributed by atoms with Crippen molar-refractivity contribution >= 4 is 27.8 Å². The van der Waals surface area contributed by atoms with Crippen LogP contribution in [0.15, 0.2) is 19.7 Å². The number of rotatable bonds is 6. The normalized spacial score (nSPS) is 13.8. The maximum Gasteiger partial charge on any atom is 0.340 e. The van der Waals surface area contributed by atoms with Crippen molar-refractivity contribution < 1.29 is 18.4 Å². The van der Waals surface area contributed by atoms with E-state index in [0.29, 0.717) is 24.3 Å². The number of furan rings is 1. The molecule has 2 heterocycles. The van der Waals surface area contributed by atoms with Gasteiger partial charge < -0.3 is 18.9 Å². The molecule has 1 amide bonds. The molecule has 29 heavy (non-hydrogen) atoms. The number of carbonyl (C=O) groups is 1. The Bertz CT molecular complexity index is 1140. The van der Waals surface area contributed by atoms with Gasteiger partial charge in [0.2, 0.25) is 5.91 Å². The van der Waals surface area contributed by atoms with E-state index in [9.17, 15) is 9.59 Å². The molecule has 6 nitrogen and oxygen atoms in total. The summed E-state index contributed by atoms with van der Waals surface area (Å²) < 4.78 is 16.8. The van der Waals surface area contributed by atoms with Gasteiger partial charge in [0.25, 0.3) is 0 Å². The molecule has 0 spiro atoms. The number of amides is 1. The van der Waals surface area contributed by atoms with Crippen molar-refractivity contribution in [2.45, 2.75) is 52.4 Å². The Labute approximate surface area is 169 Å². The summed E-state index contributed by atoms with van der Waals surface area (Å²) in [5, 5.41) is 4.82. The van der Waals surface area contributed by atoms with Gasteiger partial charge in [-0.05, 0) is 51.2 Å². The predicted molar refractivity (Wildman–Crippen MR) is 112 cm³/mol. The van der Waals surface area contributed by atoms with E-state index in [1.54, 1.807) is 7.11 Å². The van der Waals surface area contributed by atoms with E-state index in [-0.39, 0.29) is 12.3 Å². The van der Waals surface area contributed by atoms with E-state index in [0.717, 1.165) is 65.3 Å². The Hall–Kier alpha value is -2.60. The lowest BCUT2D eigenvalue weighted by Crippen LogP contribution is -2.29. The molecule has 0 saturated heterocycles. The number of methoxy groups -OCH3 is 1. The van der Waals surface area contributed by atoms with Crippen LogP contribution in [0.3, 0.4) is 0 Å². The number of carbonyl (C=O) groups excluding carboxylic acids is 1. The summed E-state index contributed by atoms with van der Waals surface area (Å²) in [6, 6.07) is 2.07. The highest BCUT2D eigenvalue weighted by atomic mass is 16.5. The number of nitrogens with one attached hydrogen (secondary N) is 1. The first-order valence-electron chi connectivity index (χ1n) is 10.3. The van der Waals surface area contributed by atoms with Gasteiger partial charge in [0.15, 0.2) is 0 Å². The summed E-state index contributed by atoms with van der Waals surface area (Å²) in [7, 11) is 1.63. The number of fused-ring (bicyclic) bond motifs is 4. The van der Waals surface area contributed by atoms with E-state index in [2.05, 4.69) is 11.4 Å². The summed E-state index contributed by atoms with van der Waals surface area (Å²) in [5.74, 6) is 0.870. The number of hydrogen-bond donors (Lipinski definition) is 1. The fourth-order valence-electron chi connectivity index (χ4n) is 4.29. The van der Waals surface area contributed by atoms with E-state index < -0.39 is 5.63 Å². The molecule has 0 aliphatic heterocycles. The lowest BCUT2D eigenvalue weighted by Gasteiger charge is -2.11. The van der Waals surface area contributed by atoms with Crippen LogP contribution in [0.2, 0.25) is 0 Å². The second kappa shape index (κ2) is 8.03. The van der Waals surface area contributed by atoms with Gasteiger partial charge in [-0.15, -0.1) is 0 Å². The van der Waals surface area contributed by atoms with Gasteiger partial charge in [0, 0.05) is 48.6 Å². The molecule has 2 aromatic heterocycles. The number of hydrogen-bond acceptors (Lipinski definition) is 5. The molecule has 6 heteroatoms. The van der Waals surface area contributed by atoms with Crippen LogP contribution < -0.4 is 10.9 Å². The van der Waals surface area contributed by atoms with E-state index in [4.69, 9.17) is 13.6 Å². The summed E-state index contributed by atoms with van der Waals surface area (Å²) in [6.07, 6.45) is 5.02. The monoisotopic (exact) mass is 397 g/mol. The lowest BCUT2D eigenvalue weighted by molar-refractivity contribution is -0.120. The molecule has 1 aliphatic carbocycles. The zero-order chi connectivity index (χ0) is 20.5. The first-order chi connectivity index (χ1) is 14.0. The number of ether oxygens (including phenoxy) is 1. The highest BCUT2D eigenvalue weighted by molar-refractivity contribution is 6.00. The maximum absolute atomic E-state index is 12.7. The van der Waals surface area contributed by atoms with E-state index in [1.165, 1.54) is 5.56 Å². The van der Waals surface area contributed by atoms with Crippen molar-refractivity contribution in [1.82, 2.24) is 5.32 Å². The third kappa shape index (κ3) is 3.57. The van der Waals surface area contributed by atoms with Gasteiger partial charge in [-0.2, -0.15) is 0 Å². The van der Waals surface area contributed by atoms with Gasteiger partial charge in [0.05, 0.1) is 12.0 Å². The molecule has 0 bridgehead atoms. The quantitative estimate of drug-likeness (QED) is 0.506. The standard InChI is InChI=1S/C23H27NO5/c1-13-16-11-18-15-7-4-5-8-19(15)28-22(18)14(2)21(16)29-23(26)17(13)12-20(25)24-9-6-10-27-3/h11H,4-10,12H2,1-3H3,(H,24,25). The predicted octanol–water partition coefficient (Wildman–Crippen LogP) is 3.73. The molecular formula is C23H27NO5. The van der Waals surface area contributed by atoms with Gasteiger partial charge in [0.1, 0.15) is 16.9 Å². The third-order valence-electron chi connectivity index (χ3n) is 5.91. The van der Waals surface area contributed by atoms with Crippen molar-refractivity contribution in [3.63, 3.8) is 0 Å². The van der Waals surface area contributed by atoms with Crippen LogP contribution in [-0.2, 0) is 28.8 Å². The fraction of sp³-hybridized carbons (Fsp3) is 0.478. The lowest BCUT2D eigenvalue weighted by atomic mass is 9.93. The van der Waals surface area contributed by atoms with Crippen molar-refractivity contribution in [2.75, 3.05) is 20.3 Å². The average molecular weight is 397 g/mol. The molecule has 0 fully saturated rings. The van der Waals surface area contributed by atoms with Crippen molar-refractivity contribution in [3.05, 3.63) is 44.5 Å². The van der Waals surface area contributed by atoms with Crippen LogP contribution in [0.4, 0.5) is 0 Å². The number of benzene rings is 1. The molecule has 0 radical (unpaired) electrons. The smallest absolute Gasteiger partial charge is 0.340 e. The minimum Gasteiger partial charge on any atom is -0.460 e. The Morgan fingerprint density at radius 2 is 1.86 bits per heavy atom. The molecule has 0 saturated carbocycles. The van der Waals surface area contributed by atoms with Crippen LogP contribution in [0, 0.1) is 13.8 Å². The Morgan fingerprint density at radius 3 is 2.66 bits per heavy atom. The fourth-order valence-corrected chi connectivity index (χ4v) is 4.29. The highest BCUT2D eigenvalue weighted by Gasteiger charge is 2.23. The zero-order valence-corrected chi connectivity index (χ0v) is 17.3. The average Bonchev–Trinajstić information content (AvgIpc) is 3.09. The maximum atomic E-state index is 12.7. The molecule has 1 aromatic carbocycles. The Morgan fingerprint density at radius 1 is 1.10 bits per heavy atom. The van der Waals surface area contributed by atoms with Gasteiger partial charge in [-0.1, -0.05) is 0 Å². The third-order valence-corrected chi connectivity index (χ3v) is 5.91. The first kappa shape index (κ1) is 19.7. The highest BCUT2D eigenvalue weighted by Crippen LogP contribution is 2.37. The Kier molecular flexibility index (Phi) is 5.46. The van der Waals surface area contributed by atoms with E-state index in [1.807, 2.05) is 13.8 Å². The SMILES string of the molecule is COCCCNC(=O)Cc1c(C)c2cc3c4c(oc3c(C)c2oc1=O)CCCC4. The van der Waals surface area contributed by atoms with E-state index >= 15 is 0 Å². The minimum atomic E-state index is -0.458. The topological polar surface area (TPSA) is 81.7 Å². The summed E-state index contributed by atoms with van der Waals surface area (Å²) in [4.78, 5) is 24.9.